The molecule has 1 N–H and O–H groups in total. The first-order valence-corrected chi connectivity index (χ1v) is 9.46. The quantitative estimate of drug-likeness (QED) is 0.454. The summed E-state index contributed by atoms with van der Waals surface area (Å²) in [6, 6.07) is 0. The Morgan fingerprint density at radius 3 is 2.20 bits per heavy atom. The number of hydrogen-bond donors (Lipinski definition) is 1. The first kappa shape index (κ1) is 18.0. The fraction of sp³-hybridized carbons (Fsp3) is 1.00. The number of hydrogen-bond acceptors (Lipinski definition) is 1. The van der Waals surface area contributed by atoms with Crippen molar-refractivity contribution < 1.29 is 5.11 Å². The van der Waals surface area contributed by atoms with Crippen LogP contribution in [0.1, 0.15) is 104 Å². The summed E-state index contributed by atoms with van der Waals surface area (Å²) in [5.41, 5.74) is 0. The maximum atomic E-state index is 10.4. The van der Waals surface area contributed by atoms with E-state index in [2.05, 4.69) is 13.8 Å². The second-order valence-electron chi connectivity index (χ2n) is 7.03. The Kier molecular flexibility index (Phi) is 10.4. The molecule has 0 aromatic rings. The highest BCUT2D eigenvalue weighted by Crippen LogP contribution is 2.34. The molecule has 0 heterocycles. The summed E-state index contributed by atoms with van der Waals surface area (Å²) in [6.07, 6.45) is 18.6. The molecule has 1 aliphatic carbocycles. The number of rotatable bonds is 11. The van der Waals surface area contributed by atoms with Gasteiger partial charge in [0.05, 0.1) is 6.10 Å². The Morgan fingerprint density at radius 2 is 1.55 bits per heavy atom. The van der Waals surface area contributed by atoms with Crippen molar-refractivity contribution >= 4 is 0 Å². The van der Waals surface area contributed by atoms with E-state index in [9.17, 15) is 5.11 Å². The zero-order chi connectivity index (χ0) is 14.6. The van der Waals surface area contributed by atoms with Gasteiger partial charge in [0.1, 0.15) is 0 Å². The molecule has 0 aliphatic heterocycles. The summed E-state index contributed by atoms with van der Waals surface area (Å²) in [4.78, 5) is 0. The highest BCUT2D eigenvalue weighted by molar-refractivity contribution is 4.77. The van der Waals surface area contributed by atoms with Gasteiger partial charge >= 0.3 is 0 Å². The largest absolute Gasteiger partial charge is 0.393 e. The van der Waals surface area contributed by atoms with E-state index in [1.54, 1.807) is 0 Å². The van der Waals surface area contributed by atoms with Gasteiger partial charge in [-0.1, -0.05) is 84.5 Å². The van der Waals surface area contributed by atoms with Gasteiger partial charge in [0, 0.05) is 0 Å². The van der Waals surface area contributed by atoms with Gasteiger partial charge in [-0.25, -0.2) is 0 Å². The van der Waals surface area contributed by atoms with E-state index >= 15 is 0 Å². The van der Waals surface area contributed by atoms with Gasteiger partial charge < -0.3 is 5.11 Å². The molecule has 1 fully saturated rings. The molecule has 1 aliphatic rings. The molecule has 0 aromatic heterocycles. The fourth-order valence-electron chi connectivity index (χ4n) is 3.78. The molecule has 0 radical (unpaired) electrons. The molecule has 0 aromatic carbocycles. The van der Waals surface area contributed by atoms with Gasteiger partial charge in [0.2, 0.25) is 0 Å². The van der Waals surface area contributed by atoms with Crippen LogP contribution < -0.4 is 0 Å². The lowest BCUT2D eigenvalue weighted by Crippen LogP contribution is -2.26. The monoisotopic (exact) mass is 282 g/mol. The first-order valence-electron chi connectivity index (χ1n) is 9.46. The van der Waals surface area contributed by atoms with Crippen molar-refractivity contribution in [3.8, 4) is 0 Å². The van der Waals surface area contributed by atoms with Crippen LogP contribution in [-0.4, -0.2) is 11.2 Å². The lowest BCUT2D eigenvalue weighted by molar-refractivity contribution is 0.0594. The van der Waals surface area contributed by atoms with Crippen molar-refractivity contribution in [2.45, 2.75) is 110 Å². The highest BCUT2D eigenvalue weighted by atomic mass is 16.3. The average molecular weight is 283 g/mol. The first-order chi connectivity index (χ1) is 9.77. The van der Waals surface area contributed by atoms with Crippen molar-refractivity contribution in [2.24, 2.45) is 11.8 Å². The SMILES string of the molecule is CCCCCCCCCCC(O)C1CCCC(CC)C1. The molecule has 1 nitrogen and oxygen atoms in total. The number of aliphatic hydroxyl groups excluding tert-OH is 1. The van der Waals surface area contributed by atoms with Crippen molar-refractivity contribution in [1.82, 2.24) is 0 Å². The molecule has 120 valence electrons. The number of unbranched alkanes of at least 4 members (excludes halogenated alkanes) is 7. The topological polar surface area (TPSA) is 20.2 Å². The minimum atomic E-state index is -0.00978. The molecule has 0 spiro atoms. The van der Waals surface area contributed by atoms with E-state index in [1.807, 2.05) is 0 Å². The summed E-state index contributed by atoms with van der Waals surface area (Å²) < 4.78 is 0. The maximum absolute atomic E-state index is 10.4. The summed E-state index contributed by atoms with van der Waals surface area (Å²) in [7, 11) is 0. The molecule has 0 amide bonds. The molecule has 0 saturated heterocycles. The van der Waals surface area contributed by atoms with Crippen LogP contribution in [0.3, 0.4) is 0 Å². The molecule has 0 bridgehead atoms. The Bertz CT molecular complexity index is 214. The molecule has 1 heteroatoms. The van der Waals surface area contributed by atoms with Crippen molar-refractivity contribution in [1.29, 1.82) is 0 Å². The highest BCUT2D eigenvalue weighted by Gasteiger charge is 2.25. The molecule has 3 unspecified atom stereocenters. The van der Waals surface area contributed by atoms with Crippen LogP contribution in [0.2, 0.25) is 0 Å². The van der Waals surface area contributed by atoms with Crippen molar-refractivity contribution in [3.63, 3.8) is 0 Å². The third-order valence-electron chi connectivity index (χ3n) is 5.30. The third kappa shape index (κ3) is 7.67. The van der Waals surface area contributed by atoms with Gasteiger partial charge in [-0.2, -0.15) is 0 Å². The summed E-state index contributed by atoms with van der Waals surface area (Å²) >= 11 is 0. The van der Waals surface area contributed by atoms with E-state index in [0.29, 0.717) is 5.92 Å². The van der Waals surface area contributed by atoms with Crippen LogP contribution in [0.4, 0.5) is 0 Å². The molecule has 1 rings (SSSR count). The second-order valence-corrected chi connectivity index (χ2v) is 7.03. The maximum Gasteiger partial charge on any atom is 0.0568 e. The molecule has 20 heavy (non-hydrogen) atoms. The number of aliphatic hydroxyl groups is 1. The Morgan fingerprint density at radius 1 is 0.900 bits per heavy atom. The normalized spacial score (nSPS) is 24.8. The van der Waals surface area contributed by atoms with Crippen molar-refractivity contribution in [2.75, 3.05) is 0 Å². The van der Waals surface area contributed by atoms with E-state index in [-0.39, 0.29) is 6.10 Å². The second kappa shape index (κ2) is 11.6. The van der Waals surface area contributed by atoms with Gasteiger partial charge in [-0.05, 0) is 31.1 Å². The smallest absolute Gasteiger partial charge is 0.0568 e. The Hall–Kier alpha value is -0.0400. The van der Waals surface area contributed by atoms with E-state index in [0.717, 1.165) is 12.3 Å². The Labute approximate surface area is 127 Å². The Balaban J connectivity index is 1.98. The predicted molar refractivity (Wildman–Crippen MR) is 89.0 cm³/mol. The summed E-state index contributed by atoms with van der Waals surface area (Å²) in [5, 5.41) is 10.4. The minimum absolute atomic E-state index is 0.00978. The van der Waals surface area contributed by atoms with Gasteiger partial charge in [-0.3, -0.25) is 0 Å². The van der Waals surface area contributed by atoms with Crippen LogP contribution in [-0.2, 0) is 0 Å². The standard InChI is InChI=1S/C19H38O/c1-3-5-6-7-8-9-10-11-15-19(20)18-14-12-13-17(4-2)16-18/h17-20H,3-16H2,1-2H3. The van der Waals surface area contributed by atoms with E-state index < -0.39 is 0 Å². The summed E-state index contributed by atoms with van der Waals surface area (Å²) in [6.45, 7) is 4.58. The lowest BCUT2D eigenvalue weighted by atomic mass is 9.77. The van der Waals surface area contributed by atoms with Crippen molar-refractivity contribution in [3.05, 3.63) is 0 Å². The van der Waals surface area contributed by atoms with Gasteiger partial charge in [-0.15, -0.1) is 0 Å². The molecule has 3 atom stereocenters. The lowest BCUT2D eigenvalue weighted by Gasteiger charge is -2.31. The molecular weight excluding hydrogens is 244 g/mol. The van der Waals surface area contributed by atoms with Crippen LogP contribution in [0.5, 0.6) is 0 Å². The third-order valence-corrected chi connectivity index (χ3v) is 5.30. The molecule has 1 saturated carbocycles. The van der Waals surface area contributed by atoms with E-state index in [4.69, 9.17) is 0 Å². The minimum Gasteiger partial charge on any atom is -0.393 e. The van der Waals surface area contributed by atoms with Gasteiger partial charge in [0.25, 0.3) is 0 Å². The molecular formula is C19H38O. The predicted octanol–water partition coefficient (Wildman–Crippen LogP) is 6.09. The van der Waals surface area contributed by atoms with Crippen LogP contribution in [0, 0.1) is 11.8 Å². The van der Waals surface area contributed by atoms with Crippen LogP contribution in [0.25, 0.3) is 0 Å². The van der Waals surface area contributed by atoms with Crippen LogP contribution in [0.15, 0.2) is 0 Å². The van der Waals surface area contributed by atoms with Gasteiger partial charge in [0.15, 0.2) is 0 Å². The van der Waals surface area contributed by atoms with E-state index in [1.165, 1.54) is 83.5 Å². The zero-order valence-corrected chi connectivity index (χ0v) is 14.1. The summed E-state index contributed by atoms with van der Waals surface area (Å²) in [5.74, 6) is 1.50. The average Bonchev–Trinajstić information content (AvgIpc) is 2.49. The fourth-order valence-corrected chi connectivity index (χ4v) is 3.78. The zero-order valence-electron chi connectivity index (χ0n) is 14.1. The van der Waals surface area contributed by atoms with Crippen LogP contribution >= 0.6 is 0 Å².